The predicted octanol–water partition coefficient (Wildman–Crippen LogP) is 8.08. The largest absolute Gasteiger partial charge is 0.462 e. The summed E-state index contributed by atoms with van der Waals surface area (Å²) in [6.07, 6.45) is 25.7. The molecule has 4 rings (SSSR count). The Morgan fingerprint density at radius 2 is 1.17 bits per heavy atom. The molecule has 4 aliphatic rings. The highest BCUT2D eigenvalue weighted by atomic mass is 16.5. The lowest BCUT2D eigenvalue weighted by atomic mass is 9.71. The highest BCUT2D eigenvalue weighted by Crippen LogP contribution is 2.41. The molecule has 0 spiro atoms. The third-order valence-electron chi connectivity index (χ3n) is 9.62. The van der Waals surface area contributed by atoms with E-state index >= 15 is 0 Å². The van der Waals surface area contributed by atoms with Gasteiger partial charge in [-0.2, -0.15) is 0 Å². The van der Waals surface area contributed by atoms with Gasteiger partial charge in [-0.25, -0.2) is 0 Å². The third-order valence-corrected chi connectivity index (χ3v) is 9.62. The van der Waals surface area contributed by atoms with Crippen molar-refractivity contribution in [2.24, 2.45) is 35.5 Å². The molecule has 4 saturated carbocycles. The van der Waals surface area contributed by atoms with Crippen LogP contribution in [0, 0.1) is 35.5 Å². The van der Waals surface area contributed by atoms with Gasteiger partial charge in [0.25, 0.3) is 0 Å². The highest BCUT2D eigenvalue weighted by molar-refractivity contribution is 5.72. The first-order valence-electron chi connectivity index (χ1n) is 13.9. The second-order valence-electron chi connectivity index (χ2n) is 11.8. The number of esters is 1. The van der Waals surface area contributed by atoms with Gasteiger partial charge in [-0.15, -0.1) is 0 Å². The summed E-state index contributed by atoms with van der Waals surface area (Å²) in [5.74, 6) is 5.08. The number of hydrogen-bond acceptors (Lipinski definition) is 2. The van der Waals surface area contributed by atoms with Crippen molar-refractivity contribution in [3.63, 3.8) is 0 Å². The molecule has 4 aliphatic carbocycles. The molecule has 172 valence electrons. The van der Waals surface area contributed by atoms with Gasteiger partial charge in [0.1, 0.15) is 6.10 Å². The lowest BCUT2D eigenvalue weighted by molar-refractivity contribution is -0.157. The molecular weight excluding hydrogens is 368 g/mol. The second kappa shape index (κ2) is 11.4. The van der Waals surface area contributed by atoms with Crippen molar-refractivity contribution in [1.29, 1.82) is 0 Å². The standard InChI is InChI=1S/C28H48O2/c1-21-7-9-22(10-8-21)11-12-23-13-19-27(20-14-23)30-28(29)26-17-15-25(16-18-26)24-5-3-2-4-6-24/h21-27H,2-20H2,1H3. The van der Waals surface area contributed by atoms with Crippen molar-refractivity contribution >= 4 is 5.97 Å². The van der Waals surface area contributed by atoms with Crippen LogP contribution < -0.4 is 0 Å². The molecule has 4 fully saturated rings. The van der Waals surface area contributed by atoms with Gasteiger partial charge in [-0.1, -0.05) is 77.6 Å². The normalized spacial score (nSPS) is 38.8. The average Bonchev–Trinajstić information content (AvgIpc) is 2.80. The number of ether oxygens (including phenoxy) is 1. The van der Waals surface area contributed by atoms with E-state index < -0.39 is 0 Å². The minimum absolute atomic E-state index is 0.150. The quantitative estimate of drug-likeness (QED) is 0.409. The van der Waals surface area contributed by atoms with E-state index in [1.165, 1.54) is 96.3 Å². The molecular formula is C28H48O2. The van der Waals surface area contributed by atoms with Crippen molar-refractivity contribution in [3.05, 3.63) is 0 Å². The van der Waals surface area contributed by atoms with Crippen LogP contribution in [0.1, 0.15) is 129 Å². The molecule has 2 heteroatoms. The molecule has 0 unspecified atom stereocenters. The zero-order chi connectivity index (χ0) is 20.8. The van der Waals surface area contributed by atoms with Crippen molar-refractivity contribution in [3.8, 4) is 0 Å². The molecule has 0 aromatic heterocycles. The first kappa shape index (κ1) is 22.7. The average molecular weight is 417 g/mol. The summed E-state index contributed by atoms with van der Waals surface area (Å²) in [6, 6.07) is 0. The summed E-state index contributed by atoms with van der Waals surface area (Å²) in [5.41, 5.74) is 0. The van der Waals surface area contributed by atoms with Crippen LogP contribution >= 0.6 is 0 Å². The molecule has 0 aromatic carbocycles. The Kier molecular flexibility index (Phi) is 8.59. The predicted molar refractivity (Wildman–Crippen MR) is 124 cm³/mol. The van der Waals surface area contributed by atoms with Crippen molar-refractivity contribution in [1.82, 2.24) is 0 Å². The van der Waals surface area contributed by atoms with Crippen LogP contribution in [0.4, 0.5) is 0 Å². The molecule has 0 bridgehead atoms. The van der Waals surface area contributed by atoms with Crippen LogP contribution in [0.5, 0.6) is 0 Å². The van der Waals surface area contributed by atoms with Crippen LogP contribution in [0.3, 0.4) is 0 Å². The van der Waals surface area contributed by atoms with Gasteiger partial charge < -0.3 is 4.74 Å². The smallest absolute Gasteiger partial charge is 0.309 e. The minimum Gasteiger partial charge on any atom is -0.462 e. The Hall–Kier alpha value is -0.530. The molecule has 2 nitrogen and oxygen atoms in total. The molecule has 30 heavy (non-hydrogen) atoms. The Labute approximate surface area is 186 Å². The molecule has 0 heterocycles. The maximum absolute atomic E-state index is 12.8. The van der Waals surface area contributed by atoms with Crippen LogP contribution in [0.15, 0.2) is 0 Å². The topological polar surface area (TPSA) is 26.3 Å². The van der Waals surface area contributed by atoms with E-state index in [2.05, 4.69) is 6.92 Å². The monoisotopic (exact) mass is 416 g/mol. The third kappa shape index (κ3) is 6.49. The lowest BCUT2D eigenvalue weighted by Gasteiger charge is -2.36. The van der Waals surface area contributed by atoms with E-state index in [-0.39, 0.29) is 18.0 Å². The van der Waals surface area contributed by atoms with Crippen molar-refractivity contribution < 1.29 is 9.53 Å². The zero-order valence-electron chi connectivity index (χ0n) is 19.8. The molecule has 0 aliphatic heterocycles. The summed E-state index contributed by atoms with van der Waals surface area (Å²) in [7, 11) is 0. The summed E-state index contributed by atoms with van der Waals surface area (Å²) in [6.45, 7) is 2.42. The van der Waals surface area contributed by atoms with Crippen LogP contribution in [-0.4, -0.2) is 12.1 Å². The van der Waals surface area contributed by atoms with E-state index in [0.717, 1.165) is 55.3 Å². The summed E-state index contributed by atoms with van der Waals surface area (Å²) < 4.78 is 6.03. The van der Waals surface area contributed by atoms with Gasteiger partial charge >= 0.3 is 5.97 Å². The van der Waals surface area contributed by atoms with Gasteiger partial charge in [0.15, 0.2) is 0 Å². The molecule has 0 radical (unpaired) electrons. The van der Waals surface area contributed by atoms with Gasteiger partial charge in [0.2, 0.25) is 0 Å². The van der Waals surface area contributed by atoms with Crippen LogP contribution in [0.25, 0.3) is 0 Å². The summed E-state index contributed by atoms with van der Waals surface area (Å²) in [5, 5.41) is 0. The number of hydrogen-bond donors (Lipinski definition) is 0. The van der Waals surface area contributed by atoms with E-state index in [9.17, 15) is 4.79 Å². The van der Waals surface area contributed by atoms with E-state index in [1.807, 2.05) is 0 Å². The molecule has 0 N–H and O–H groups in total. The van der Waals surface area contributed by atoms with Gasteiger partial charge in [-0.3, -0.25) is 4.79 Å². The molecule has 0 aromatic rings. The number of carbonyl (C=O) groups excluding carboxylic acids is 1. The van der Waals surface area contributed by atoms with Gasteiger partial charge in [-0.05, 0) is 81.0 Å². The fraction of sp³-hybridized carbons (Fsp3) is 0.964. The lowest BCUT2D eigenvalue weighted by Crippen LogP contribution is -2.31. The van der Waals surface area contributed by atoms with Crippen LogP contribution in [-0.2, 0) is 9.53 Å². The van der Waals surface area contributed by atoms with E-state index in [0.29, 0.717) is 0 Å². The van der Waals surface area contributed by atoms with Gasteiger partial charge in [0.05, 0.1) is 5.92 Å². The van der Waals surface area contributed by atoms with Crippen molar-refractivity contribution in [2.45, 2.75) is 135 Å². The molecule has 0 saturated heterocycles. The van der Waals surface area contributed by atoms with E-state index in [1.54, 1.807) is 0 Å². The molecule has 0 atom stereocenters. The maximum atomic E-state index is 12.8. The van der Waals surface area contributed by atoms with Gasteiger partial charge in [0, 0.05) is 0 Å². The van der Waals surface area contributed by atoms with Crippen molar-refractivity contribution in [2.75, 3.05) is 0 Å². The summed E-state index contributed by atoms with van der Waals surface area (Å²) in [4.78, 5) is 12.8. The SMILES string of the molecule is CC1CCC(CCC2CCC(OC(=O)C3CCC(C4CCCCC4)CC3)CC2)CC1. The minimum atomic E-state index is 0.150. The number of rotatable bonds is 6. The van der Waals surface area contributed by atoms with Crippen LogP contribution in [0.2, 0.25) is 0 Å². The number of carbonyl (C=O) groups is 1. The fourth-order valence-electron chi connectivity index (χ4n) is 7.32. The highest BCUT2D eigenvalue weighted by Gasteiger charge is 2.33. The summed E-state index contributed by atoms with van der Waals surface area (Å²) >= 11 is 0. The zero-order valence-corrected chi connectivity index (χ0v) is 19.8. The first-order valence-corrected chi connectivity index (χ1v) is 13.9. The Morgan fingerprint density at radius 3 is 1.77 bits per heavy atom. The Balaban J connectivity index is 1.09. The Morgan fingerprint density at radius 1 is 0.633 bits per heavy atom. The second-order valence-corrected chi connectivity index (χ2v) is 11.8. The fourth-order valence-corrected chi connectivity index (χ4v) is 7.32. The van der Waals surface area contributed by atoms with E-state index in [4.69, 9.17) is 4.74 Å². The first-order chi connectivity index (χ1) is 14.7. The Bertz CT molecular complexity index is 499. The maximum Gasteiger partial charge on any atom is 0.309 e. The molecule has 0 amide bonds.